The number of amides is 1. The summed E-state index contributed by atoms with van der Waals surface area (Å²) in [7, 11) is 1.71. The van der Waals surface area contributed by atoms with E-state index in [1.54, 1.807) is 12.0 Å². The highest BCUT2D eigenvalue weighted by Gasteiger charge is 2.26. The lowest BCUT2D eigenvalue weighted by molar-refractivity contribution is 0.0963. The molecule has 3 rings (SSSR count). The third-order valence-corrected chi connectivity index (χ3v) is 6.19. The average molecular weight is 574 g/mol. The monoisotopic (exact) mass is 573 g/mol. The number of aliphatic imine (C=N–C) groups is 1. The molecular weight excluding hydrogens is 533 g/mol. The molecule has 0 saturated carbocycles. The molecule has 2 saturated heterocycles. The Labute approximate surface area is 215 Å². The zero-order valence-electron chi connectivity index (χ0n) is 20.2. The number of rotatable bonds is 8. The maximum Gasteiger partial charge on any atom is 0.409 e. The van der Waals surface area contributed by atoms with Crippen LogP contribution in [0.3, 0.4) is 0 Å². The number of methoxy groups -OCH3 is 1. The highest BCUT2D eigenvalue weighted by atomic mass is 127. The molecule has 1 aromatic carbocycles. The van der Waals surface area contributed by atoms with Crippen LogP contribution in [0.15, 0.2) is 29.3 Å². The molecule has 0 radical (unpaired) electrons. The normalized spacial score (nSPS) is 18.4. The van der Waals surface area contributed by atoms with Crippen molar-refractivity contribution in [2.45, 2.75) is 51.6 Å². The van der Waals surface area contributed by atoms with E-state index in [1.165, 1.54) is 18.4 Å². The van der Waals surface area contributed by atoms with Gasteiger partial charge >= 0.3 is 6.09 Å². The Kier molecular flexibility index (Phi) is 12.1. The van der Waals surface area contributed by atoms with Gasteiger partial charge in [0.05, 0.1) is 26.3 Å². The third kappa shape index (κ3) is 8.20. The Hall–Kier alpha value is -1.75. The van der Waals surface area contributed by atoms with E-state index >= 15 is 0 Å². The second-order valence-corrected chi connectivity index (χ2v) is 8.36. The molecule has 2 N–H and O–H groups in total. The molecule has 9 heteroatoms. The Morgan fingerprint density at radius 2 is 1.91 bits per heavy atom. The number of halogens is 1. The molecule has 1 unspecified atom stereocenters. The van der Waals surface area contributed by atoms with Crippen LogP contribution in [0.1, 0.15) is 51.1 Å². The predicted octanol–water partition coefficient (Wildman–Crippen LogP) is 3.63. The van der Waals surface area contributed by atoms with Crippen molar-refractivity contribution in [2.24, 2.45) is 4.99 Å². The van der Waals surface area contributed by atoms with E-state index in [0.717, 1.165) is 44.2 Å². The highest BCUT2D eigenvalue weighted by Crippen LogP contribution is 2.28. The molecule has 2 aliphatic heterocycles. The molecular formula is C24H40IN5O3. The van der Waals surface area contributed by atoms with E-state index in [2.05, 4.69) is 40.7 Å². The first-order chi connectivity index (χ1) is 15.6. The van der Waals surface area contributed by atoms with Crippen LogP contribution >= 0.6 is 24.0 Å². The lowest BCUT2D eigenvalue weighted by Crippen LogP contribution is -2.50. The summed E-state index contributed by atoms with van der Waals surface area (Å²) in [6.45, 7) is 9.45. The van der Waals surface area contributed by atoms with E-state index in [0.29, 0.717) is 32.3 Å². The highest BCUT2D eigenvalue weighted by molar-refractivity contribution is 14.0. The molecule has 2 heterocycles. The van der Waals surface area contributed by atoms with Crippen molar-refractivity contribution in [1.29, 1.82) is 0 Å². The van der Waals surface area contributed by atoms with Gasteiger partial charge in [-0.3, -0.25) is 9.89 Å². The van der Waals surface area contributed by atoms with Gasteiger partial charge in [-0.1, -0.05) is 12.1 Å². The van der Waals surface area contributed by atoms with Crippen molar-refractivity contribution in [1.82, 2.24) is 20.4 Å². The fourth-order valence-corrected chi connectivity index (χ4v) is 4.45. The van der Waals surface area contributed by atoms with Gasteiger partial charge in [0.15, 0.2) is 5.96 Å². The maximum atomic E-state index is 11.9. The third-order valence-electron chi connectivity index (χ3n) is 6.19. The van der Waals surface area contributed by atoms with E-state index < -0.39 is 0 Å². The molecule has 0 aromatic heterocycles. The number of carbonyl (C=O) groups is 1. The fourth-order valence-electron chi connectivity index (χ4n) is 4.45. The molecule has 2 aliphatic rings. The summed E-state index contributed by atoms with van der Waals surface area (Å²) in [5, 5.41) is 6.98. The Morgan fingerprint density at radius 3 is 2.55 bits per heavy atom. The number of ether oxygens (including phenoxy) is 2. The number of nitrogens with one attached hydrogen (secondary N) is 2. The Bertz CT molecular complexity index is 749. The predicted molar refractivity (Wildman–Crippen MR) is 143 cm³/mol. The summed E-state index contributed by atoms with van der Waals surface area (Å²) in [5.41, 5.74) is 1.24. The second-order valence-electron chi connectivity index (χ2n) is 8.36. The number of likely N-dealkylation sites (tertiary alicyclic amines) is 2. The zero-order valence-corrected chi connectivity index (χ0v) is 22.5. The maximum absolute atomic E-state index is 11.9. The SMILES string of the molecule is CCNC(=NCC(c1cccc(OC)c1)N1CCCC1)NC1CCN(C(=O)OCC)CC1.I. The molecule has 1 amide bonds. The van der Waals surface area contributed by atoms with Crippen LogP contribution < -0.4 is 15.4 Å². The van der Waals surface area contributed by atoms with Gasteiger partial charge in [0.25, 0.3) is 0 Å². The van der Waals surface area contributed by atoms with E-state index in [9.17, 15) is 4.79 Å². The first-order valence-electron chi connectivity index (χ1n) is 12.0. The molecule has 1 aromatic rings. The van der Waals surface area contributed by atoms with Crippen LogP contribution in [0.25, 0.3) is 0 Å². The molecule has 8 nitrogen and oxygen atoms in total. The molecule has 33 heavy (non-hydrogen) atoms. The van der Waals surface area contributed by atoms with E-state index in [-0.39, 0.29) is 36.1 Å². The number of nitrogens with zero attached hydrogens (tertiary/aromatic N) is 3. The molecule has 2 fully saturated rings. The van der Waals surface area contributed by atoms with Crippen LogP contribution in [0.5, 0.6) is 5.75 Å². The van der Waals surface area contributed by atoms with Gasteiger partial charge in [0.1, 0.15) is 5.75 Å². The van der Waals surface area contributed by atoms with Crippen molar-refractivity contribution >= 4 is 36.0 Å². The zero-order chi connectivity index (χ0) is 22.8. The fraction of sp³-hybridized carbons (Fsp3) is 0.667. The minimum absolute atomic E-state index is 0. The van der Waals surface area contributed by atoms with Gasteiger partial charge in [-0.05, 0) is 70.3 Å². The van der Waals surface area contributed by atoms with Crippen LogP contribution in [-0.2, 0) is 4.74 Å². The van der Waals surface area contributed by atoms with E-state index in [1.807, 2.05) is 13.0 Å². The van der Waals surface area contributed by atoms with Gasteiger partial charge in [-0.25, -0.2) is 4.79 Å². The summed E-state index contributed by atoms with van der Waals surface area (Å²) in [6.07, 6.45) is 4.03. The van der Waals surface area contributed by atoms with Crippen LogP contribution in [0, 0.1) is 0 Å². The number of carbonyl (C=O) groups excluding carboxylic acids is 1. The van der Waals surface area contributed by atoms with Crippen molar-refractivity contribution in [3.8, 4) is 5.75 Å². The molecule has 0 bridgehead atoms. The van der Waals surface area contributed by atoms with Gasteiger partial charge < -0.3 is 25.0 Å². The summed E-state index contributed by atoms with van der Waals surface area (Å²) in [4.78, 5) is 21.2. The minimum atomic E-state index is -0.210. The average Bonchev–Trinajstić information content (AvgIpc) is 3.35. The molecule has 0 spiro atoms. The van der Waals surface area contributed by atoms with Gasteiger partial charge in [-0.15, -0.1) is 24.0 Å². The number of hydrogen-bond donors (Lipinski definition) is 2. The largest absolute Gasteiger partial charge is 0.497 e. The van der Waals surface area contributed by atoms with E-state index in [4.69, 9.17) is 14.5 Å². The molecule has 0 aliphatic carbocycles. The van der Waals surface area contributed by atoms with Gasteiger partial charge in [-0.2, -0.15) is 0 Å². The number of piperidine rings is 1. The quantitative estimate of drug-likeness (QED) is 0.281. The van der Waals surface area contributed by atoms with Gasteiger partial charge in [0.2, 0.25) is 0 Å². The Morgan fingerprint density at radius 1 is 1.18 bits per heavy atom. The number of benzene rings is 1. The smallest absolute Gasteiger partial charge is 0.409 e. The number of guanidine groups is 1. The van der Waals surface area contributed by atoms with Crippen LogP contribution in [0.4, 0.5) is 4.79 Å². The molecule has 186 valence electrons. The summed E-state index contributed by atoms with van der Waals surface area (Å²) in [6, 6.07) is 8.87. The topological polar surface area (TPSA) is 78.4 Å². The van der Waals surface area contributed by atoms with Crippen molar-refractivity contribution in [3.63, 3.8) is 0 Å². The van der Waals surface area contributed by atoms with Crippen molar-refractivity contribution < 1.29 is 14.3 Å². The van der Waals surface area contributed by atoms with Crippen LogP contribution in [-0.4, -0.2) is 80.9 Å². The summed E-state index contributed by atoms with van der Waals surface area (Å²) >= 11 is 0. The molecule has 1 atom stereocenters. The minimum Gasteiger partial charge on any atom is -0.497 e. The summed E-state index contributed by atoms with van der Waals surface area (Å²) in [5.74, 6) is 1.73. The Balaban J connectivity index is 0.00000385. The number of hydrogen-bond acceptors (Lipinski definition) is 5. The lowest BCUT2D eigenvalue weighted by Gasteiger charge is -2.32. The summed E-state index contributed by atoms with van der Waals surface area (Å²) < 4.78 is 10.6. The first-order valence-corrected chi connectivity index (χ1v) is 12.0. The lowest BCUT2D eigenvalue weighted by atomic mass is 10.0. The van der Waals surface area contributed by atoms with Crippen molar-refractivity contribution in [2.75, 3.05) is 53.0 Å². The van der Waals surface area contributed by atoms with Crippen molar-refractivity contribution in [3.05, 3.63) is 29.8 Å². The van der Waals surface area contributed by atoms with Crippen LogP contribution in [0.2, 0.25) is 0 Å². The van der Waals surface area contributed by atoms with Gasteiger partial charge in [0, 0.05) is 25.7 Å². The first kappa shape index (κ1) is 27.5. The standard InChI is InChI=1S/C24H39N5O3.HI/c1-4-25-23(27-20-11-15-29(16-12-20)24(30)32-5-2)26-18-22(28-13-6-7-14-28)19-9-8-10-21(17-19)31-3;/h8-10,17,20,22H,4-7,11-16,18H2,1-3H3,(H2,25,26,27);1H. The second kappa shape index (κ2) is 14.5.